The van der Waals surface area contributed by atoms with Crippen molar-refractivity contribution in [3.63, 3.8) is 0 Å². The molecule has 3 fully saturated rings. The molecule has 1 amide bonds. The highest BCUT2D eigenvalue weighted by atomic mass is 32.1. The molecule has 0 aromatic rings. The molecule has 2 atom stereocenters. The number of amides is 1. The molecule has 2 saturated heterocycles. The average molecular weight is 282 g/mol. The van der Waals surface area contributed by atoms with Gasteiger partial charge in [-0.05, 0) is 38.5 Å². The molecule has 2 heterocycles. The van der Waals surface area contributed by atoms with Crippen molar-refractivity contribution in [1.82, 2.24) is 4.90 Å². The molecule has 2 aliphatic heterocycles. The van der Waals surface area contributed by atoms with E-state index in [-0.39, 0.29) is 24.1 Å². The Morgan fingerprint density at radius 1 is 1.21 bits per heavy atom. The molecule has 0 spiro atoms. The van der Waals surface area contributed by atoms with Gasteiger partial charge < -0.3 is 15.7 Å². The topological polar surface area (TPSA) is 66.6 Å². The first-order chi connectivity index (χ1) is 9.04. The highest BCUT2D eigenvalue weighted by Gasteiger charge is 2.52. The Bertz CT molecular complexity index is 392. The zero-order valence-corrected chi connectivity index (χ0v) is 12.0. The van der Waals surface area contributed by atoms with E-state index in [0.717, 1.165) is 51.4 Å². The van der Waals surface area contributed by atoms with Crippen molar-refractivity contribution in [1.29, 1.82) is 0 Å². The number of carbonyl (C=O) groups excluding carboxylic acids is 1. The van der Waals surface area contributed by atoms with Gasteiger partial charge >= 0.3 is 0 Å². The Morgan fingerprint density at radius 3 is 2.21 bits per heavy atom. The maximum absolute atomic E-state index is 13.0. The van der Waals surface area contributed by atoms with Crippen LogP contribution in [0.1, 0.15) is 51.4 Å². The number of fused-ring (bicyclic) bond motifs is 2. The third-order valence-corrected chi connectivity index (χ3v) is 5.67. The van der Waals surface area contributed by atoms with Crippen LogP contribution in [0, 0.1) is 5.41 Å². The summed E-state index contributed by atoms with van der Waals surface area (Å²) in [5.74, 6) is 0.150. The van der Waals surface area contributed by atoms with E-state index >= 15 is 0 Å². The van der Waals surface area contributed by atoms with Crippen molar-refractivity contribution in [3.05, 3.63) is 0 Å². The summed E-state index contributed by atoms with van der Waals surface area (Å²) in [6, 6.07) is 0.404. The predicted octanol–water partition coefficient (Wildman–Crippen LogP) is 1.35. The zero-order valence-electron chi connectivity index (χ0n) is 11.2. The molecule has 1 aliphatic carbocycles. The summed E-state index contributed by atoms with van der Waals surface area (Å²) in [6.07, 6.45) is 6.90. The van der Waals surface area contributed by atoms with E-state index in [0.29, 0.717) is 4.99 Å². The lowest BCUT2D eigenvalue weighted by Gasteiger charge is -2.42. The van der Waals surface area contributed by atoms with E-state index < -0.39 is 5.41 Å². The van der Waals surface area contributed by atoms with Gasteiger partial charge in [-0.25, -0.2) is 0 Å². The number of hydrogen-bond donors (Lipinski definition) is 2. The Labute approximate surface area is 119 Å². The van der Waals surface area contributed by atoms with Gasteiger partial charge in [0, 0.05) is 12.1 Å². The quantitative estimate of drug-likeness (QED) is 0.750. The minimum Gasteiger partial charge on any atom is -0.393 e. The van der Waals surface area contributed by atoms with Crippen LogP contribution < -0.4 is 5.73 Å². The predicted molar refractivity (Wildman–Crippen MR) is 76.6 cm³/mol. The average Bonchev–Trinajstić information content (AvgIpc) is 2.94. The highest BCUT2D eigenvalue weighted by Crippen LogP contribution is 2.45. The monoisotopic (exact) mass is 282 g/mol. The Kier molecular flexibility index (Phi) is 3.29. The zero-order chi connectivity index (χ0) is 13.6. The van der Waals surface area contributed by atoms with Gasteiger partial charge in [-0.15, -0.1) is 0 Å². The molecule has 3 N–H and O–H groups in total. The van der Waals surface area contributed by atoms with Crippen molar-refractivity contribution >= 4 is 23.1 Å². The van der Waals surface area contributed by atoms with Gasteiger partial charge in [-0.3, -0.25) is 4.79 Å². The fourth-order valence-corrected chi connectivity index (χ4v) is 4.56. The van der Waals surface area contributed by atoms with Crippen LogP contribution in [0.4, 0.5) is 0 Å². The molecular formula is C14H22N2O2S. The number of nitrogens with two attached hydrogens (primary N) is 1. The molecule has 0 radical (unpaired) electrons. The van der Waals surface area contributed by atoms with Crippen LogP contribution in [0.5, 0.6) is 0 Å². The first kappa shape index (κ1) is 13.3. The van der Waals surface area contributed by atoms with Gasteiger partial charge in [0.1, 0.15) is 0 Å². The maximum atomic E-state index is 13.0. The van der Waals surface area contributed by atoms with Crippen LogP contribution in [-0.4, -0.2) is 39.1 Å². The van der Waals surface area contributed by atoms with Crippen molar-refractivity contribution in [3.8, 4) is 0 Å². The minimum atomic E-state index is -0.585. The molecule has 0 aromatic carbocycles. The van der Waals surface area contributed by atoms with Gasteiger partial charge in [-0.2, -0.15) is 0 Å². The molecule has 106 valence electrons. The van der Waals surface area contributed by atoms with Crippen LogP contribution in [0.15, 0.2) is 0 Å². The second-order valence-corrected chi connectivity index (χ2v) is 6.82. The minimum absolute atomic E-state index is 0.150. The molecule has 1 saturated carbocycles. The number of aliphatic hydroxyl groups excluding tert-OH is 1. The normalized spacial score (nSPS) is 36.5. The smallest absolute Gasteiger partial charge is 0.236 e. The molecular weight excluding hydrogens is 260 g/mol. The molecule has 19 heavy (non-hydrogen) atoms. The number of thiocarbonyl (C=S) groups is 1. The summed E-state index contributed by atoms with van der Waals surface area (Å²) >= 11 is 5.21. The number of rotatable bonds is 2. The maximum Gasteiger partial charge on any atom is 0.236 e. The first-order valence-electron chi connectivity index (χ1n) is 7.35. The van der Waals surface area contributed by atoms with Crippen molar-refractivity contribution < 1.29 is 9.90 Å². The van der Waals surface area contributed by atoms with Crippen LogP contribution in [0.2, 0.25) is 0 Å². The lowest BCUT2D eigenvalue weighted by Crippen LogP contribution is -2.56. The van der Waals surface area contributed by atoms with E-state index in [1.54, 1.807) is 0 Å². The van der Waals surface area contributed by atoms with Gasteiger partial charge in [0.05, 0.1) is 16.5 Å². The lowest BCUT2D eigenvalue weighted by atomic mass is 9.82. The van der Waals surface area contributed by atoms with Gasteiger partial charge in [0.15, 0.2) is 0 Å². The molecule has 4 nitrogen and oxygen atoms in total. The van der Waals surface area contributed by atoms with Crippen molar-refractivity contribution in [2.75, 3.05) is 0 Å². The molecule has 2 unspecified atom stereocenters. The number of hydrogen-bond acceptors (Lipinski definition) is 3. The molecule has 3 aliphatic rings. The van der Waals surface area contributed by atoms with Crippen LogP contribution in [-0.2, 0) is 4.79 Å². The van der Waals surface area contributed by atoms with Crippen molar-refractivity contribution in [2.45, 2.75) is 69.6 Å². The summed E-state index contributed by atoms with van der Waals surface area (Å²) in [7, 11) is 0. The third kappa shape index (κ3) is 1.98. The van der Waals surface area contributed by atoms with Crippen molar-refractivity contribution in [2.24, 2.45) is 11.1 Å². The van der Waals surface area contributed by atoms with E-state index in [9.17, 15) is 9.90 Å². The van der Waals surface area contributed by atoms with Crippen LogP contribution in [0.25, 0.3) is 0 Å². The highest BCUT2D eigenvalue weighted by molar-refractivity contribution is 7.80. The first-order valence-corrected chi connectivity index (χ1v) is 7.76. The Hall–Kier alpha value is -0.680. The van der Waals surface area contributed by atoms with E-state index in [1.807, 2.05) is 4.90 Å². The van der Waals surface area contributed by atoms with Gasteiger partial charge in [-0.1, -0.05) is 25.1 Å². The second kappa shape index (κ2) is 4.70. The number of aliphatic hydroxyl groups is 1. The second-order valence-electron chi connectivity index (χ2n) is 6.38. The number of carbonyl (C=O) groups is 1. The summed E-state index contributed by atoms with van der Waals surface area (Å²) in [5.41, 5.74) is 5.33. The van der Waals surface area contributed by atoms with E-state index in [2.05, 4.69) is 0 Å². The molecule has 5 heteroatoms. The lowest BCUT2D eigenvalue weighted by molar-refractivity contribution is -0.144. The van der Waals surface area contributed by atoms with Crippen LogP contribution >= 0.6 is 12.2 Å². The fourth-order valence-electron chi connectivity index (χ4n) is 4.27. The Balaban J connectivity index is 1.86. The summed E-state index contributed by atoms with van der Waals surface area (Å²) in [6.45, 7) is 0. The standard InChI is InChI=1S/C14H22N2O2S/c15-12(19)14(5-1-2-6-14)13(18)16-9-3-4-10(16)8-11(17)7-9/h9-11,17H,1-8H2,(H2,15,19). The van der Waals surface area contributed by atoms with Crippen LogP contribution in [0.3, 0.4) is 0 Å². The number of piperidine rings is 1. The molecule has 2 bridgehead atoms. The van der Waals surface area contributed by atoms with Gasteiger partial charge in [0.25, 0.3) is 0 Å². The SMILES string of the molecule is NC(=S)C1(C(=O)N2C3CCC2CC(O)C3)CCCC1. The fraction of sp³-hybridized carbons (Fsp3) is 0.857. The molecule has 3 rings (SSSR count). The number of nitrogens with zero attached hydrogens (tertiary/aromatic N) is 1. The summed E-state index contributed by atoms with van der Waals surface area (Å²) in [5, 5.41) is 9.84. The Morgan fingerprint density at radius 2 is 1.74 bits per heavy atom. The van der Waals surface area contributed by atoms with E-state index in [4.69, 9.17) is 18.0 Å². The summed E-state index contributed by atoms with van der Waals surface area (Å²) < 4.78 is 0. The summed E-state index contributed by atoms with van der Waals surface area (Å²) in [4.78, 5) is 15.4. The van der Waals surface area contributed by atoms with E-state index in [1.165, 1.54) is 0 Å². The largest absolute Gasteiger partial charge is 0.393 e. The third-order valence-electron chi connectivity index (χ3n) is 5.28. The molecule has 0 aromatic heterocycles. The van der Waals surface area contributed by atoms with Gasteiger partial charge in [0.2, 0.25) is 5.91 Å².